The molecule has 0 aliphatic rings. The molecule has 0 saturated carbocycles. The fourth-order valence-corrected chi connectivity index (χ4v) is 9.33. The maximum absolute atomic E-state index is 13.4. The molecule has 0 amide bonds. The molecular weight excluding hydrogens is 1000 g/mol. The van der Waals surface area contributed by atoms with Crippen molar-refractivity contribution in [3.63, 3.8) is 0 Å². The standard InChI is InChI=1S/C66H120O13/c1-8-14-20-24-30-38-50-73-63(74-51-39-31-25-21-15-9-2)49-48-62(69)79-57-66(54-72-7,55-77-60(67)46-36-28-26-32-40-52-75-64(70)58(42-18-12-5)44-34-22-16-10-3)56-78-61(68)47-37-29-27-33-41-53-76-65(71)59(43-19-13-6)45-35-23-17-11-4/h14-15,20-21,58-59,63H,8-13,16-19,22-57H2,1-7H3/b20-14-,21-15-. The van der Waals surface area contributed by atoms with Gasteiger partial charge in [0.15, 0.2) is 6.29 Å². The zero-order valence-electron chi connectivity index (χ0n) is 51.9. The molecule has 2 unspecified atom stereocenters. The van der Waals surface area contributed by atoms with Crippen molar-refractivity contribution in [2.45, 2.75) is 292 Å². The Bertz CT molecular complexity index is 1400. The number of ether oxygens (including phenoxy) is 8. The summed E-state index contributed by atoms with van der Waals surface area (Å²) in [6, 6.07) is 0. The van der Waals surface area contributed by atoms with Gasteiger partial charge in [-0.25, -0.2) is 0 Å². The van der Waals surface area contributed by atoms with Crippen molar-refractivity contribution in [2.75, 3.05) is 60.0 Å². The fraction of sp³-hybridized carbons (Fsp3) is 0.864. The summed E-state index contributed by atoms with van der Waals surface area (Å²) in [6.07, 6.45) is 41.9. The summed E-state index contributed by atoms with van der Waals surface area (Å²) in [4.78, 5) is 65.5. The van der Waals surface area contributed by atoms with Gasteiger partial charge in [-0.1, -0.05) is 181 Å². The van der Waals surface area contributed by atoms with Crippen molar-refractivity contribution in [1.29, 1.82) is 0 Å². The van der Waals surface area contributed by atoms with Crippen LogP contribution in [0.1, 0.15) is 286 Å². The third-order valence-corrected chi connectivity index (χ3v) is 14.4. The highest BCUT2D eigenvalue weighted by Gasteiger charge is 2.36. The average Bonchev–Trinajstić information content (AvgIpc) is 3.45. The Kier molecular flexibility index (Phi) is 54.2. The van der Waals surface area contributed by atoms with Crippen LogP contribution >= 0.6 is 0 Å². The largest absolute Gasteiger partial charge is 0.465 e. The predicted molar refractivity (Wildman–Crippen MR) is 320 cm³/mol. The van der Waals surface area contributed by atoms with Crippen molar-refractivity contribution in [2.24, 2.45) is 17.3 Å². The number of carbonyl (C=O) groups is 5. The summed E-state index contributed by atoms with van der Waals surface area (Å²) < 4.78 is 46.8. The highest BCUT2D eigenvalue weighted by molar-refractivity contribution is 5.73. The molecule has 0 aliphatic heterocycles. The van der Waals surface area contributed by atoms with Crippen molar-refractivity contribution >= 4 is 29.8 Å². The number of hydrogen-bond acceptors (Lipinski definition) is 13. The molecule has 79 heavy (non-hydrogen) atoms. The first kappa shape index (κ1) is 75.7. The van der Waals surface area contributed by atoms with Crippen LogP contribution in [-0.2, 0) is 61.9 Å². The summed E-state index contributed by atoms with van der Waals surface area (Å²) in [5.74, 6) is -1.38. The minimum atomic E-state index is -1.13. The molecule has 0 aromatic rings. The summed E-state index contributed by atoms with van der Waals surface area (Å²) in [5, 5.41) is 0. The van der Waals surface area contributed by atoms with E-state index in [0.717, 1.165) is 180 Å². The van der Waals surface area contributed by atoms with Crippen LogP contribution in [0.25, 0.3) is 0 Å². The second-order valence-electron chi connectivity index (χ2n) is 22.1. The maximum atomic E-state index is 13.4. The quantitative estimate of drug-likeness (QED) is 0.0186. The van der Waals surface area contributed by atoms with E-state index in [0.29, 0.717) is 45.7 Å². The summed E-state index contributed by atoms with van der Waals surface area (Å²) >= 11 is 0. The van der Waals surface area contributed by atoms with Gasteiger partial charge in [0.2, 0.25) is 0 Å². The monoisotopic (exact) mass is 1120 g/mol. The van der Waals surface area contributed by atoms with Crippen LogP contribution in [0.4, 0.5) is 0 Å². The zero-order chi connectivity index (χ0) is 58.1. The molecule has 0 bridgehead atoms. The Morgan fingerprint density at radius 3 is 1.13 bits per heavy atom. The molecule has 0 aliphatic carbocycles. The van der Waals surface area contributed by atoms with Crippen LogP contribution in [0.3, 0.4) is 0 Å². The Labute approximate surface area is 483 Å². The fourth-order valence-electron chi connectivity index (χ4n) is 9.33. The second-order valence-corrected chi connectivity index (χ2v) is 22.1. The van der Waals surface area contributed by atoms with Crippen LogP contribution in [0.2, 0.25) is 0 Å². The lowest BCUT2D eigenvalue weighted by Gasteiger charge is -2.31. The Morgan fingerprint density at radius 1 is 0.354 bits per heavy atom. The van der Waals surface area contributed by atoms with Crippen molar-refractivity contribution in [1.82, 2.24) is 0 Å². The normalized spacial score (nSPS) is 13.2. The number of methoxy groups -OCH3 is 1. The van der Waals surface area contributed by atoms with E-state index in [2.05, 4.69) is 65.8 Å². The van der Waals surface area contributed by atoms with E-state index in [-0.39, 0.29) is 69.5 Å². The Morgan fingerprint density at radius 2 is 0.722 bits per heavy atom. The van der Waals surface area contributed by atoms with E-state index < -0.39 is 29.6 Å². The minimum Gasteiger partial charge on any atom is -0.465 e. The predicted octanol–water partition coefficient (Wildman–Crippen LogP) is 17.0. The topological polar surface area (TPSA) is 159 Å². The molecule has 0 rings (SSSR count). The summed E-state index contributed by atoms with van der Waals surface area (Å²) in [5.41, 5.74) is -1.13. The van der Waals surface area contributed by atoms with Gasteiger partial charge in [0, 0.05) is 39.6 Å². The van der Waals surface area contributed by atoms with E-state index in [1.165, 1.54) is 32.8 Å². The van der Waals surface area contributed by atoms with Gasteiger partial charge in [-0.05, 0) is 103 Å². The van der Waals surface area contributed by atoms with Gasteiger partial charge in [0.05, 0.1) is 43.5 Å². The minimum absolute atomic E-state index is 0.00584. The molecule has 0 N–H and O–H groups in total. The van der Waals surface area contributed by atoms with Crippen LogP contribution in [0.15, 0.2) is 24.3 Å². The lowest BCUT2D eigenvalue weighted by Crippen LogP contribution is -2.43. The first-order valence-electron chi connectivity index (χ1n) is 32.4. The van der Waals surface area contributed by atoms with E-state index >= 15 is 0 Å². The lowest BCUT2D eigenvalue weighted by molar-refractivity contribution is -0.170. The number of rotatable bonds is 59. The van der Waals surface area contributed by atoms with Crippen molar-refractivity contribution in [3.8, 4) is 0 Å². The highest BCUT2D eigenvalue weighted by Crippen LogP contribution is 2.24. The first-order chi connectivity index (χ1) is 38.5. The van der Waals surface area contributed by atoms with Gasteiger partial charge >= 0.3 is 29.8 Å². The SMILES string of the molecule is CC/C=C\CCCCOC(CCC(=O)OCC(COC)(COC(=O)CCCCCCCOC(=O)C(CCCC)CCCCCC)COC(=O)CCCCCCCOC(=O)C(CCCC)CCCCCC)OCCCC/C=C\CC. The number of carbonyl (C=O) groups excluding carboxylic acids is 5. The van der Waals surface area contributed by atoms with Gasteiger partial charge in [-0.15, -0.1) is 0 Å². The summed E-state index contributed by atoms with van der Waals surface area (Å²) in [7, 11) is 1.51. The van der Waals surface area contributed by atoms with Gasteiger partial charge in [-0.3, -0.25) is 24.0 Å². The van der Waals surface area contributed by atoms with E-state index in [9.17, 15) is 24.0 Å². The number of hydrogen-bond donors (Lipinski definition) is 0. The number of unbranched alkanes of at least 4 members (excludes halogenated alkanes) is 20. The van der Waals surface area contributed by atoms with Crippen LogP contribution in [0, 0.1) is 17.3 Å². The van der Waals surface area contributed by atoms with E-state index in [1.807, 2.05) is 0 Å². The van der Waals surface area contributed by atoms with Gasteiger partial charge < -0.3 is 37.9 Å². The Hall–Kier alpha value is -3.29. The average molecular weight is 1120 g/mol. The van der Waals surface area contributed by atoms with Gasteiger partial charge in [0.1, 0.15) is 19.8 Å². The maximum Gasteiger partial charge on any atom is 0.308 e. The first-order valence-corrected chi connectivity index (χ1v) is 32.4. The number of allylic oxidation sites excluding steroid dienone is 4. The summed E-state index contributed by atoms with van der Waals surface area (Å²) in [6.45, 7) is 14.3. The van der Waals surface area contributed by atoms with Gasteiger partial charge in [-0.2, -0.15) is 0 Å². The molecule has 0 aromatic carbocycles. The van der Waals surface area contributed by atoms with Crippen molar-refractivity contribution in [3.05, 3.63) is 24.3 Å². The molecule has 0 heterocycles. The van der Waals surface area contributed by atoms with Crippen molar-refractivity contribution < 1.29 is 61.9 Å². The highest BCUT2D eigenvalue weighted by atomic mass is 16.7. The molecular formula is C66H120O13. The molecule has 0 spiro atoms. The third-order valence-electron chi connectivity index (χ3n) is 14.4. The van der Waals surface area contributed by atoms with Crippen LogP contribution in [0.5, 0.6) is 0 Å². The third kappa shape index (κ3) is 47.0. The smallest absolute Gasteiger partial charge is 0.308 e. The molecule has 0 aromatic heterocycles. The van der Waals surface area contributed by atoms with E-state index in [1.54, 1.807) is 0 Å². The van der Waals surface area contributed by atoms with Gasteiger partial charge in [0.25, 0.3) is 0 Å². The molecule has 0 saturated heterocycles. The molecule has 0 fully saturated rings. The molecule has 13 heteroatoms. The lowest BCUT2D eigenvalue weighted by atomic mass is 9.92. The van der Waals surface area contributed by atoms with Crippen LogP contribution < -0.4 is 0 Å². The Balaban J connectivity index is 5.45. The zero-order valence-corrected chi connectivity index (χ0v) is 51.9. The van der Waals surface area contributed by atoms with Crippen LogP contribution in [-0.4, -0.2) is 96.1 Å². The second kappa shape index (κ2) is 56.6. The number of esters is 5. The molecule has 0 radical (unpaired) electrons. The van der Waals surface area contributed by atoms with E-state index in [4.69, 9.17) is 37.9 Å². The molecule has 2 atom stereocenters. The molecule has 462 valence electrons. The molecule has 13 nitrogen and oxygen atoms in total.